The van der Waals surface area contributed by atoms with E-state index in [-0.39, 0.29) is 0 Å². The number of hydrogen-bond acceptors (Lipinski definition) is 5. The van der Waals surface area contributed by atoms with Crippen LogP contribution in [0.4, 0.5) is 0 Å². The summed E-state index contributed by atoms with van der Waals surface area (Å²) < 4.78 is 5.25. The molecule has 2 aliphatic heterocycles. The van der Waals surface area contributed by atoms with Gasteiger partial charge in [-0.25, -0.2) is 0 Å². The van der Waals surface area contributed by atoms with Crippen LogP contribution in [-0.2, 0) is 4.74 Å². The van der Waals surface area contributed by atoms with Crippen molar-refractivity contribution in [1.29, 1.82) is 0 Å². The summed E-state index contributed by atoms with van der Waals surface area (Å²) in [6.45, 7) is 4.50. The van der Waals surface area contributed by atoms with Crippen LogP contribution in [0, 0.1) is 0 Å². The lowest BCUT2D eigenvalue weighted by molar-refractivity contribution is 0.0452. The molecule has 2 N–H and O–H groups in total. The fraction of sp³-hybridized carbons (Fsp3) is 0.750. The van der Waals surface area contributed by atoms with Gasteiger partial charge in [-0.15, -0.1) is 5.10 Å². The first-order chi connectivity index (χ1) is 6.34. The van der Waals surface area contributed by atoms with Crippen molar-refractivity contribution in [2.24, 2.45) is 15.9 Å². The van der Waals surface area contributed by atoms with Crippen LogP contribution in [0.5, 0.6) is 0 Å². The van der Waals surface area contributed by atoms with Crippen LogP contribution in [0.3, 0.4) is 0 Å². The predicted molar refractivity (Wildman–Crippen MR) is 50.9 cm³/mol. The Morgan fingerprint density at radius 2 is 2.08 bits per heavy atom. The Labute approximate surface area is 77.3 Å². The van der Waals surface area contributed by atoms with Crippen LogP contribution in [0.15, 0.2) is 10.2 Å². The molecule has 1 fully saturated rings. The van der Waals surface area contributed by atoms with E-state index in [0.29, 0.717) is 5.84 Å². The van der Waals surface area contributed by atoms with E-state index in [1.165, 1.54) is 0 Å². The highest BCUT2D eigenvalue weighted by Crippen LogP contribution is 2.03. The van der Waals surface area contributed by atoms with Crippen molar-refractivity contribution in [1.82, 2.24) is 4.90 Å². The van der Waals surface area contributed by atoms with Gasteiger partial charge in [-0.2, -0.15) is 5.10 Å². The molecule has 0 aromatic rings. The molecule has 72 valence electrons. The van der Waals surface area contributed by atoms with Crippen molar-refractivity contribution in [3.63, 3.8) is 0 Å². The highest BCUT2D eigenvalue weighted by atomic mass is 16.5. The summed E-state index contributed by atoms with van der Waals surface area (Å²) in [5.74, 6) is 0.628. The number of amidine groups is 1. The minimum Gasteiger partial charge on any atom is -0.385 e. The molecule has 2 aliphatic rings. The van der Waals surface area contributed by atoms with Gasteiger partial charge in [0.1, 0.15) is 5.84 Å². The third-order valence-corrected chi connectivity index (χ3v) is 2.21. The summed E-state index contributed by atoms with van der Waals surface area (Å²) in [6.07, 6.45) is 0.733. The molecule has 0 saturated carbocycles. The van der Waals surface area contributed by atoms with E-state index in [9.17, 15) is 0 Å². The molecule has 13 heavy (non-hydrogen) atoms. The Morgan fingerprint density at radius 1 is 1.31 bits per heavy atom. The van der Waals surface area contributed by atoms with Crippen LogP contribution < -0.4 is 5.73 Å². The third kappa shape index (κ3) is 2.26. The van der Waals surface area contributed by atoms with Gasteiger partial charge in [-0.05, 0) is 0 Å². The Balaban J connectivity index is 1.78. The minimum atomic E-state index is 0.628. The van der Waals surface area contributed by atoms with Crippen LogP contribution in [0.2, 0.25) is 0 Å². The van der Waals surface area contributed by atoms with E-state index in [1.54, 1.807) is 0 Å². The number of rotatable bonds is 2. The number of morpholine rings is 1. The van der Waals surface area contributed by atoms with Crippen molar-refractivity contribution in [2.45, 2.75) is 6.42 Å². The number of nitrogens with two attached hydrogens (primary N) is 1. The van der Waals surface area contributed by atoms with Gasteiger partial charge in [0.15, 0.2) is 0 Å². The zero-order valence-electron chi connectivity index (χ0n) is 7.57. The van der Waals surface area contributed by atoms with E-state index in [2.05, 4.69) is 15.1 Å². The van der Waals surface area contributed by atoms with Gasteiger partial charge in [0.2, 0.25) is 0 Å². The van der Waals surface area contributed by atoms with Crippen LogP contribution >= 0.6 is 0 Å². The monoisotopic (exact) mass is 182 g/mol. The molecule has 0 atom stereocenters. The topological polar surface area (TPSA) is 63.2 Å². The smallest absolute Gasteiger partial charge is 0.128 e. The summed E-state index contributed by atoms with van der Waals surface area (Å²) in [4.78, 5) is 2.32. The first kappa shape index (κ1) is 8.65. The van der Waals surface area contributed by atoms with Crippen molar-refractivity contribution in [3.8, 4) is 0 Å². The summed E-state index contributed by atoms with van der Waals surface area (Å²) in [6, 6.07) is 0. The zero-order chi connectivity index (χ0) is 9.10. The molecule has 0 amide bonds. The molecule has 5 heteroatoms. The van der Waals surface area contributed by atoms with E-state index >= 15 is 0 Å². The van der Waals surface area contributed by atoms with Crippen LogP contribution in [0.1, 0.15) is 6.42 Å². The van der Waals surface area contributed by atoms with Crippen LogP contribution in [0.25, 0.3) is 0 Å². The summed E-state index contributed by atoms with van der Waals surface area (Å²) in [7, 11) is 0. The molecule has 1 saturated heterocycles. The maximum Gasteiger partial charge on any atom is 0.128 e. The maximum absolute atomic E-state index is 5.52. The van der Waals surface area contributed by atoms with Crippen molar-refractivity contribution < 1.29 is 4.74 Å². The lowest BCUT2D eigenvalue weighted by atomic mass is 10.2. The number of hydrogen-bond donors (Lipinski definition) is 1. The highest BCUT2D eigenvalue weighted by Gasteiger charge is 2.16. The van der Waals surface area contributed by atoms with Gasteiger partial charge in [-0.1, -0.05) is 0 Å². The van der Waals surface area contributed by atoms with E-state index in [4.69, 9.17) is 10.5 Å². The lowest BCUT2D eigenvalue weighted by Gasteiger charge is -2.26. The Hall–Kier alpha value is -0.940. The van der Waals surface area contributed by atoms with Gasteiger partial charge in [0.05, 0.1) is 18.9 Å². The average Bonchev–Trinajstić information content (AvgIpc) is 2.53. The maximum atomic E-state index is 5.52. The van der Waals surface area contributed by atoms with Gasteiger partial charge < -0.3 is 10.5 Å². The van der Waals surface area contributed by atoms with Crippen molar-refractivity contribution in [3.05, 3.63) is 0 Å². The number of nitrogens with zero attached hydrogens (tertiary/aromatic N) is 3. The molecule has 2 rings (SSSR count). The SMILES string of the molecule is NC1=NN=C(CN2CCOCC2)C1. The van der Waals surface area contributed by atoms with E-state index < -0.39 is 0 Å². The molecule has 5 nitrogen and oxygen atoms in total. The molecular weight excluding hydrogens is 168 g/mol. The first-order valence-electron chi connectivity index (χ1n) is 4.52. The second-order valence-corrected chi connectivity index (χ2v) is 3.32. The van der Waals surface area contributed by atoms with Crippen molar-refractivity contribution in [2.75, 3.05) is 32.8 Å². The molecule has 0 radical (unpaired) electrons. The third-order valence-electron chi connectivity index (χ3n) is 2.21. The minimum absolute atomic E-state index is 0.628. The van der Waals surface area contributed by atoms with Gasteiger partial charge >= 0.3 is 0 Å². The second kappa shape index (κ2) is 3.85. The fourth-order valence-corrected chi connectivity index (χ4v) is 1.52. The van der Waals surface area contributed by atoms with Gasteiger partial charge in [-0.3, -0.25) is 4.90 Å². The largest absolute Gasteiger partial charge is 0.385 e. The molecule has 0 bridgehead atoms. The highest BCUT2D eigenvalue weighted by molar-refractivity contribution is 6.06. The van der Waals surface area contributed by atoms with E-state index in [0.717, 1.165) is 45.0 Å². The Morgan fingerprint density at radius 3 is 2.69 bits per heavy atom. The van der Waals surface area contributed by atoms with Gasteiger partial charge in [0, 0.05) is 26.1 Å². The summed E-state index contributed by atoms with van der Waals surface area (Å²) >= 11 is 0. The lowest BCUT2D eigenvalue weighted by Crippen LogP contribution is -2.39. The van der Waals surface area contributed by atoms with Gasteiger partial charge in [0.25, 0.3) is 0 Å². The molecule has 2 heterocycles. The quantitative estimate of drug-likeness (QED) is 0.622. The van der Waals surface area contributed by atoms with E-state index in [1.807, 2.05) is 0 Å². The fourth-order valence-electron chi connectivity index (χ4n) is 1.52. The Bertz CT molecular complexity index is 243. The summed E-state index contributed by atoms with van der Waals surface area (Å²) in [5.41, 5.74) is 6.59. The second-order valence-electron chi connectivity index (χ2n) is 3.32. The molecule has 0 aromatic carbocycles. The summed E-state index contributed by atoms with van der Waals surface area (Å²) in [5, 5.41) is 7.82. The predicted octanol–water partition coefficient (Wildman–Crippen LogP) is -0.565. The molecular formula is C8H14N4O. The molecule has 0 spiro atoms. The van der Waals surface area contributed by atoms with Crippen molar-refractivity contribution >= 4 is 11.5 Å². The molecule has 0 aromatic heterocycles. The molecule has 0 unspecified atom stereocenters. The first-order valence-corrected chi connectivity index (χ1v) is 4.52. The zero-order valence-corrected chi connectivity index (χ0v) is 7.57. The van der Waals surface area contributed by atoms with Crippen LogP contribution in [-0.4, -0.2) is 49.3 Å². The Kier molecular flexibility index (Phi) is 2.56. The average molecular weight is 182 g/mol. The number of ether oxygens (including phenoxy) is 1. The standard InChI is InChI=1S/C8H14N4O/c9-8-5-7(10-11-8)6-12-1-3-13-4-2-12/h1-6H2,(H2,9,11). The normalized spacial score (nSPS) is 24.3. The molecule has 0 aliphatic carbocycles.